The van der Waals surface area contributed by atoms with E-state index in [1.54, 1.807) is 26.2 Å². The normalized spacial score (nSPS) is 10.9. The van der Waals surface area contributed by atoms with E-state index in [0.717, 1.165) is 16.3 Å². The van der Waals surface area contributed by atoms with E-state index in [0.29, 0.717) is 36.0 Å². The molecule has 0 aliphatic carbocycles. The molecule has 0 aliphatic rings. The number of esters is 1. The standard InChI is InChI=1S/C25H24FN3O4S/c1-3-32-23(30)13-16-8-9-21(20(26)12-16)27-25-19-15-34-14-18(19)24(28-29-25)17-6-4-5-7-22(17)33-11-10-31-2/h4-9,12,14-15H,3,10-11,13H2,1-2H3,(H,27,29). The molecule has 0 saturated carbocycles. The highest BCUT2D eigenvalue weighted by atomic mass is 32.1. The van der Waals surface area contributed by atoms with Gasteiger partial charge in [-0.3, -0.25) is 4.79 Å². The number of methoxy groups -OCH3 is 1. The van der Waals surface area contributed by atoms with E-state index in [1.165, 1.54) is 17.4 Å². The summed E-state index contributed by atoms with van der Waals surface area (Å²) < 4.78 is 30.6. The summed E-state index contributed by atoms with van der Waals surface area (Å²) >= 11 is 1.51. The van der Waals surface area contributed by atoms with Gasteiger partial charge in [-0.15, -0.1) is 10.2 Å². The first kappa shape index (κ1) is 23.6. The zero-order chi connectivity index (χ0) is 23.9. The molecule has 34 heavy (non-hydrogen) atoms. The number of aromatic nitrogens is 2. The van der Waals surface area contributed by atoms with Crippen LogP contribution in [-0.2, 0) is 20.7 Å². The molecule has 4 aromatic rings. The Morgan fingerprint density at radius 2 is 1.91 bits per heavy atom. The molecule has 0 atom stereocenters. The number of carbonyl (C=O) groups is 1. The molecule has 7 nitrogen and oxygen atoms in total. The van der Waals surface area contributed by atoms with Gasteiger partial charge in [-0.1, -0.05) is 18.2 Å². The minimum absolute atomic E-state index is 0.0141. The van der Waals surface area contributed by atoms with Gasteiger partial charge in [0.15, 0.2) is 5.82 Å². The lowest BCUT2D eigenvalue weighted by molar-refractivity contribution is -0.142. The second-order valence-corrected chi connectivity index (χ2v) is 8.10. The number of benzene rings is 2. The maximum atomic E-state index is 14.8. The summed E-state index contributed by atoms with van der Waals surface area (Å²) in [6.45, 7) is 2.91. The number of carbonyl (C=O) groups excluding carboxylic acids is 1. The number of thiophene rings is 1. The molecule has 0 fully saturated rings. The fraction of sp³-hybridized carbons (Fsp3) is 0.240. The monoisotopic (exact) mass is 481 g/mol. The maximum absolute atomic E-state index is 14.8. The quantitative estimate of drug-likeness (QED) is 0.241. The van der Waals surface area contributed by atoms with E-state index >= 15 is 0 Å². The van der Waals surface area contributed by atoms with E-state index in [2.05, 4.69) is 15.5 Å². The highest BCUT2D eigenvalue weighted by Crippen LogP contribution is 2.37. The largest absolute Gasteiger partial charge is 0.490 e. The highest BCUT2D eigenvalue weighted by Gasteiger charge is 2.17. The molecule has 0 amide bonds. The first-order valence-electron chi connectivity index (χ1n) is 10.8. The van der Waals surface area contributed by atoms with Gasteiger partial charge in [-0.2, -0.15) is 11.3 Å². The fourth-order valence-electron chi connectivity index (χ4n) is 3.46. The third kappa shape index (κ3) is 5.32. The van der Waals surface area contributed by atoms with Crippen LogP contribution in [-0.4, -0.2) is 43.1 Å². The topological polar surface area (TPSA) is 82.6 Å². The predicted molar refractivity (Wildman–Crippen MR) is 130 cm³/mol. The third-order valence-electron chi connectivity index (χ3n) is 5.05. The van der Waals surface area contributed by atoms with Crippen LogP contribution in [0.2, 0.25) is 0 Å². The highest BCUT2D eigenvalue weighted by molar-refractivity contribution is 7.09. The molecule has 2 aromatic heterocycles. The number of rotatable bonds is 10. The molecular formula is C25H24FN3O4S. The first-order chi connectivity index (χ1) is 16.6. The fourth-order valence-corrected chi connectivity index (χ4v) is 4.28. The Balaban J connectivity index is 1.61. The Morgan fingerprint density at radius 1 is 1.09 bits per heavy atom. The van der Waals surface area contributed by atoms with Crippen molar-refractivity contribution in [3.8, 4) is 17.0 Å². The van der Waals surface area contributed by atoms with Crippen LogP contribution in [0.5, 0.6) is 5.75 Å². The molecule has 0 saturated heterocycles. The summed E-state index contributed by atoms with van der Waals surface area (Å²) in [5, 5.41) is 17.4. The average Bonchev–Trinajstić information content (AvgIpc) is 3.32. The summed E-state index contributed by atoms with van der Waals surface area (Å²) in [5.41, 5.74) is 2.27. The smallest absolute Gasteiger partial charge is 0.310 e. The van der Waals surface area contributed by atoms with Crippen LogP contribution in [0, 0.1) is 5.82 Å². The number of ether oxygens (including phenoxy) is 3. The molecule has 2 aromatic carbocycles. The zero-order valence-electron chi connectivity index (χ0n) is 18.8. The molecular weight excluding hydrogens is 457 g/mol. The van der Waals surface area contributed by atoms with Crippen molar-refractivity contribution in [2.75, 3.05) is 32.2 Å². The van der Waals surface area contributed by atoms with Gasteiger partial charge in [-0.25, -0.2) is 4.39 Å². The number of para-hydroxylation sites is 1. The summed E-state index contributed by atoms with van der Waals surface area (Å²) in [4.78, 5) is 11.7. The van der Waals surface area contributed by atoms with E-state index in [4.69, 9.17) is 14.2 Å². The first-order valence-corrected chi connectivity index (χ1v) is 11.7. The van der Waals surface area contributed by atoms with Crippen molar-refractivity contribution >= 4 is 39.6 Å². The number of anilines is 2. The van der Waals surface area contributed by atoms with E-state index in [1.807, 2.05) is 35.0 Å². The minimum atomic E-state index is -0.493. The second-order valence-electron chi connectivity index (χ2n) is 7.35. The van der Waals surface area contributed by atoms with Crippen LogP contribution >= 0.6 is 11.3 Å². The predicted octanol–water partition coefficient (Wildman–Crippen LogP) is 5.37. The van der Waals surface area contributed by atoms with E-state index < -0.39 is 11.8 Å². The zero-order valence-corrected chi connectivity index (χ0v) is 19.7. The van der Waals surface area contributed by atoms with Crippen LogP contribution in [0.3, 0.4) is 0 Å². The van der Waals surface area contributed by atoms with Crippen molar-refractivity contribution in [1.82, 2.24) is 10.2 Å². The molecule has 4 rings (SSSR count). The Labute approximate surface area is 200 Å². The molecule has 1 N–H and O–H groups in total. The third-order valence-corrected chi connectivity index (χ3v) is 5.79. The van der Waals surface area contributed by atoms with E-state index in [9.17, 15) is 9.18 Å². The van der Waals surface area contributed by atoms with E-state index in [-0.39, 0.29) is 18.7 Å². The summed E-state index contributed by atoms with van der Waals surface area (Å²) in [5.74, 6) is 0.239. The molecule has 176 valence electrons. The van der Waals surface area contributed by atoms with Crippen molar-refractivity contribution in [2.45, 2.75) is 13.3 Å². The summed E-state index contributed by atoms with van der Waals surface area (Å²) in [7, 11) is 1.62. The Bertz CT molecular complexity index is 1290. The number of nitrogens with one attached hydrogen (secondary N) is 1. The van der Waals surface area contributed by atoms with Crippen molar-refractivity contribution in [1.29, 1.82) is 0 Å². The van der Waals surface area contributed by atoms with Gasteiger partial charge in [0.2, 0.25) is 0 Å². The van der Waals surface area contributed by atoms with Gasteiger partial charge in [0.25, 0.3) is 0 Å². The molecule has 0 radical (unpaired) electrons. The minimum Gasteiger partial charge on any atom is -0.490 e. The van der Waals surface area contributed by atoms with Gasteiger partial charge >= 0.3 is 5.97 Å². The van der Waals surface area contributed by atoms with Crippen LogP contribution in [0.1, 0.15) is 12.5 Å². The number of hydrogen-bond acceptors (Lipinski definition) is 8. The van der Waals surface area contributed by atoms with Crippen molar-refractivity contribution in [3.63, 3.8) is 0 Å². The number of fused-ring (bicyclic) bond motifs is 1. The van der Waals surface area contributed by atoms with Crippen LogP contribution in [0.25, 0.3) is 22.0 Å². The van der Waals surface area contributed by atoms with Crippen LogP contribution < -0.4 is 10.1 Å². The van der Waals surface area contributed by atoms with Gasteiger partial charge < -0.3 is 19.5 Å². The van der Waals surface area contributed by atoms with Crippen LogP contribution in [0.4, 0.5) is 15.9 Å². The van der Waals surface area contributed by atoms with Crippen molar-refractivity contribution < 1.29 is 23.4 Å². The number of halogens is 1. The lowest BCUT2D eigenvalue weighted by Gasteiger charge is -2.13. The molecule has 9 heteroatoms. The molecule has 0 aliphatic heterocycles. The van der Waals surface area contributed by atoms with Crippen molar-refractivity contribution in [3.05, 3.63) is 64.6 Å². The number of nitrogens with zero attached hydrogens (tertiary/aromatic N) is 2. The summed E-state index contributed by atoms with van der Waals surface area (Å²) in [6.07, 6.45) is 0.0141. The second kappa shape index (κ2) is 11.0. The molecule has 2 heterocycles. The average molecular weight is 482 g/mol. The lowest BCUT2D eigenvalue weighted by Crippen LogP contribution is -2.08. The van der Waals surface area contributed by atoms with Crippen molar-refractivity contribution in [2.24, 2.45) is 0 Å². The number of hydrogen-bond donors (Lipinski definition) is 1. The van der Waals surface area contributed by atoms with Gasteiger partial charge in [0.05, 0.1) is 25.3 Å². The SMILES string of the molecule is CCOC(=O)Cc1ccc(Nc2nnc(-c3ccccc3OCCOC)c3cscc23)c(F)c1. The van der Waals surface area contributed by atoms with Gasteiger partial charge in [0.1, 0.15) is 23.9 Å². The Hall–Kier alpha value is -3.56. The Kier molecular flexibility index (Phi) is 7.66. The molecule has 0 bridgehead atoms. The Morgan fingerprint density at radius 3 is 2.71 bits per heavy atom. The molecule has 0 spiro atoms. The van der Waals surface area contributed by atoms with Gasteiger partial charge in [-0.05, 0) is 36.8 Å². The van der Waals surface area contributed by atoms with Gasteiger partial charge in [0, 0.05) is 34.2 Å². The molecule has 0 unspecified atom stereocenters. The maximum Gasteiger partial charge on any atom is 0.310 e. The van der Waals surface area contributed by atoms with Crippen LogP contribution in [0.15, 0.2) is 53.2 Å². The summed E-state index contributed by atoms with van der Waals surface area (Å²) in [6, 6.07) is 12.2. The lowest BCUT2D eigenvalue weighted by atomic mass is 10.1.